The lowest BCUT2D eigenvalue weighted by Crippen LogP contribution is -2.40. The molecule has 2 aliphatic heterocycles. The van der Waals surface area contributed by atoms with Gasteiger partial charge in [0.25, 0.3) is 5.91 Å². The summed E-state index contributed by atoms with van der Waals surface area (Å²) in [6.45, 7) is 3.72. The van der Waals surface area contributed by atoms with E-state index in [1.54, 1.807) is 0 Å². The van der Waals surface area contributed by atoms with Crippen molar-refractivity contribution in [3.63, 3.8) is 0 Å². The Morgan fingerprint density at radius 3 is 2.72 bits per heavy atom. The van der Waals surface area contributed by atoms with Gasteiger partial charge in [-0.1, -0.05) is 25.1 Å². The van der Waals surface area contributed by atoms with E-state index >= 15 is 0 Å². The van der Waals surface area contributed by atoms with E-state index in [1.807, 2.05) is 29.2 Å². The summed E-state index contributed by atoms with van der Waals surface area (Å²) in [5.74, 6) is 1.10. The quantitative estimate of drug-likeness (QED) is 0.612. The van der Waals surface area contributed by atoms with Crippen LogP contribution in [0.2, 0.25) is 0 Å². The number of hydrogen-bond donors (Lipinski definition) is 2. The van der Waals surface area contributed by atoms with E-state index in [-0.39, 0.29) is 23.7 Å². The number of amides is 2. The fraction of sp³-hybridized carbons (Fsp3) is 0.407. The Morgan fingerprint density at radius 1 is 1.06 bits per heavy atom. The monoisotopic (exact) mass is 427 g/mol. The highest BCUT2D eigenvalue weighted by molar-refractivity contribution is 6.03. The molecular weight excluding hydrogens is 398 g/mol. The van der Waals surface area contributed by atoms with E-state index in [0.29, 0.717) is 19.0 Å². The number of rotatable bonds is 2. The van der Waals surface area contributed by atoms with Crippen molar-refractivity contribution in [2.75, 3.05) is 18.4 Å². The fourth-order valence-corrected chi connectivity index (χ4v) is 6.04. The molecule has 2 unspecified atom stereocenters. The molecule has 1 aliphatic carbocycles. The number of fused-ring (bicyclic) bond motifs is 4. The molecule has 0 radical (unpaired) electrons. The number of likely N-dealkylation sites (tertiary alicyclic amines) is 1. The Bertz CT molecular complexity index is 1220. The molecule has 3 aromatic rings. The molecule has 32 heavy (non-hydrogen) atoms. The van der Waals surface area contributed by atoms with Crippen LogP contribution in [0.3, 0.4) is 0 Å². The number of H-pyrrole nitrogens is 1. The number of aromatic nitrogens is 1. The van der Waals surface area contributed by atoms with E-state index in [9.17, 15) is 9.59 Å². The Morgan fingerprint density at radius 2 is 1.88 bits per heavy atom. The molecule has 5 nitrogen and oxygen atoms in total. The lowest BCUT2D eigenvalue weighted by molar-refractivity contribution is -0.118. The zero-order valence-electron chi connectivity index (χ0n) is 18.5. The van der Waals surface area contributed by atoms with E-state index in [4.69, 9.17) is 0 Å². The number of carbonyl (C=O) groups excluding carboxylic acids is 2. The van der Waals surface area contributed by atoms with Gasteiger partial charge in [-0.05, 0) is 79.3 Å². The summed E-state index contributed by atoms with van der Waals surface area (Å²) >= 11 is 0. The maximum absolute atomic E-state index is 13.3. The normalized spacial score (nSPS) is 23.2. The largest absolute Gasteiger partial charge is 0.358 e. The van der Waals surface area contributed by atoms with Crippen molar-refractivity contribution in [3.8, 4) is 0 Å². The van der Waals surface area contributed by atoms with Crippen molar-refractivity contribution in [1.29, 1.82) is 0 Å². The summed E-state index contributed by atoms with van der Waals surface area (Å²) in [5.41, 5.74) is 6.72. The third kappa shape index (κ3) is 3.14. The minimum absolute atomic E-state index is 0.0897. The highest BCUT2D eigenvalue weighted by atomic mass is 16.2. The number of para-hydroxylation sites is 1. The number of hydrogen-bond acceptors (Lipinski definition) is 2. The minimum atomic E-state index is -0.0897. The lowest BCUT2D eigenvalue weighted by Gasteiger charge is -2.34. The second-order valence-corrected chi connectivity index (χ2v) is 9.87. The summed E-state index contributed by atoms with van der Waals surface area (Å²) in [4.78, 5) is 31.5. The first-order valence-corrected chi connectivity index (χ1v) is 11.9. The summed E-state index contributed by atoms with van der Waals surface area (Å²) in [7, 11) is 0. The molecule has 2 amide bonds. The summed E-state index contributed by atoms with van der Waals surface area (Å²) in [6, 6.07) is 14.1. The standard InChI is InChI=1S/C27H29N3O2/c1-16-6-8-23-20(14-16)21-15-18(7-9-24(21)28-23)27(32)30-12-10-17(11-13-30)25-19-4-2-3-5-22(19)29-26(25)31/h2-5,7,9,15-17,25,28H,6,8,10-14H2,1H3,(H,29,31). The highest BCUT2D eigenvalue weighted by Gasteiger charge is 2.38. The van der Waals surface area contributed by atoms with Gasteiger partial charge in [0.05, 0.1) is 5.92 Å². The average molecular weight is 428 g/mol. The first-order valence-electron chi connectivity index (χ1n) is 11.9. The number of benzene rings is 2. The van der Waals surface area contributed by atoms with Gasteiger partial charge in [-0.25, -0.2) is 0 Å². The maximum atomic E-state index is 13.3. The maximum Gasteiger partial charge on any atom is 0.253 e. The minimum Gasteiger partial charge on any atom is -0.358 e. The molecule has 1 saturated heterocycles. The summed E-state index contributed by atoms with van der Waals surface area (Å²) in [6.07, 6.45) is 5.13. The first-order chi connectivity index (χ1) is 15.6. The Hall–Kier alpha value is -3.08. The van der Waals surface area contributed by atoms with Crippen molar-refractivity contribution in [3.05, 3.63) is 64.8 Å². The molecule has 164 valence electrons. The van der Waals surface area contributed by atoms with Crippen LogP contribution < -0.4 is 5.32 Å². The van der Waals surface area contributed by atoms with Gasteiger partial charge in [0.1, 0.15) is 0 Å². The molecule has 2 atom stereocenters. The van der Waals surface area contributed by atoms with Crippen molar-refractivity contribution < 1.29 is 9.59 Å². The molecule has 3 heterocycles. The Kier molecular flexibility index (Phi) is 4.60. The van der Waals surface area contributed by atoms with Gasteiger partial charge in [0.2, 0.25) is 5.91 Å². The number of nitrogens with zero attached hydrogens (tertiary/aromatic N) is 1. The Labute approximate surface area is 188 Å². The van der Waals surface area contributed by atoms with Crippen molar-refractivity contribution in [1.82, 2.24) is 9.88 Å². The van der Waals surface area contributed by atoms with E-state index in [0.717, 1.165) is 48.0 Å². The molecule has 1 fully saturated rings. The number of anilines is 1. The molecule has 6 rings (SSSR count). The lowest BCUT2D eigenvalue weighted by atomic mass is 9.80. The molecule has 0 bridgehead atoms. The van der Waals surface area contributed by atoms with Gasteiger partial charge < -0.3 is 15.2 Å². The first kappa shape index (κ1) is 19.6. The number of carbonyl (C=O) groups is 2. The predicted octanol–water partition coefficient (Wildman–Crippen LogP) is 4.88. The van der Waals surface area contributed by atoms with Crippen LogP contribution in [0.1, 0.15) is 59.3 Å². The van der Waals surface area contributed by atoms with Gasteiger partial charge >= 0.3 is 0 Å². The zero-order valence-corrected chi connectivity index (χ0v) is 18.5. The van der Waals surface area contributed by atoms with Gasteiger partial charge in [0.15, 0.2) is 0 Å². The molecule has 2 aromatic carbocycles. The number of piperidine rings is 1. The van der Waals surface area contributed by atoms with Crippen LogP contribution in [0.4, 0.5) is 5.69 Å². The van der Waals surface area contributed by atoms with Crippen molar-refractivity contribution in [2.45, 2.75) is 44.9 Å². The van der Waals surface area contributed by atoms with Crippen LogP contribution >= 0.6 is 0 Å². The number of nitrogens with one attached hydrogen (secondary N) is 2. The summed E-state index contributed by atoms with van der Waals surface area (Å²) < 4.78 is 0. The van der Waals surface area contributed by atoms with Crippen molar-refractivity contribution in [2.24, 2.45) is 11.8 Å². The van der Waals surface area contributed by atoms with Gasteiger partial charge in [-0.2, -0.15) is 0 Å². The topological polar surface area (TPSA) is 65.2 Å². The molecule has 0 spiro atoms. The van der Waals surface area contributed by atoms with Crippen LogP contribution in [-0.2, 0) is 17.6 Å². The Balaban J connectivity index is 1.19. The average Bonchev–Trinajstić information content (AvgIpc) is 3.34. The molecule has 5 heteroatoms. The van der Waals surface area contributed by atoms with Crippen LogP contribution in [0.25, 0.3) is 10.9 Å². The molecule has 1 aromatic heterocycles. The molecule has 3 aliphatic rings. The highest BCUT2D eigenvalue weighted by Crippen LogP contribution is 2.41. The second-order valence-electron chi connectivity index (χ2n) is 9.87. The van der Waals surface area contributed by atoms with Crippen LogP contribution in [-0.4, -0.2) is 34.8 Å². The van der Waals surface area contributed by atoms with E-state index in [2.05, 4.69) is 35.4 Å². The molecule has 0 saturated carbocycles. The predicted molar refractivity (Wildman–Crippen MR) is 126 cm³/mol. The molecular formula is C27H29N3O2. The van der Waals surface area contributed by atoms with E-state index < -0.39 is 0 Å². The van der Waals surface area contributed by atoms with Gasteiger partial charge in [-0.3, -0.25) is 9.59 Å². The van der Waals surface area contributed by atoms with Gasteiger partial charge in [0, 0.05) is 40.9 Å². The zero-order chi connectivity index (χ0) is 21.8. The number of aryl methyl sites for hydroxylation is 1. The summed E-state index contributed by atoms with van der Waals surface area (Å²) in [5, 5.41) is 4.24. The van der Waals surface area contributed by atoms with Crippen LogP contribution in [0, 0.1) is 11.8 Å². The SMILES string of the molecule is CC1CCc2[nH]c3ccc(C(=O)N4CCC(C5C(=O)Nc6ccccc65)CC4)cc3c2C1. The fourth-order valence-electron chi connectivity index (χ4n) is 6.04. The third-order valence-corrected chi connectivity index (χ3v) is 7.82. The molecule has 2 N–H and O–H groups in total. The van der Waals surface area contributed by atoms with Gasteiger partial charge in [-0.15, -0.1) is 0 Å². The van der Waals surface area contributed by atoms with E-state index in [1.165, 1.54) is 23.1 Å². The van der Waals surface area contributed by atoms with Crippen LogP contribution in [0.5, 0.6) is 0 Å². The second kappa shape index (κ2) is 7.51. The van der Waals surface area contributed by atoms with Crippen molar-refractivity contribution >= 4 is 28.4 Å². The van der Waals surface area contributed by atoms with Crippen LogP contribution in [0.15, 0.2) is 42.5 Å². The third-order valence-electron chi connectivity index (χ3n) is 7.82. The smallest absolute Gasteiger partial charge is 0.253 e. The number of aromatic amines is 1.